The van der Waals surface area contributed by atoms with Crippen molar-refractivity contribution in [1.82, 2.24) is 20.9 Å². The lowest BCUT2D eigenvalue weighted by atomic mass is 10.1. The van der Waals surface area contributed by atoms with Gasteiger partial charge in [-0.05, 0) is 126 Å². The molecule has 434 valence electrons. The summed E-state index contributed by atoms with van der Waals surface area (Å²) in [5.74, 6) is -5.37. The Bertz CT molecular complexity index is 2760. The molecule has 0 unspecified atom stereocenters. The van der Waals surface area contributed by atoms with E-state index in [0.29, 0.717) is 47.6 Å². The minimum atomic E-state index is -5.16. The van der Waals surface area contributed by atoms with Gasteiger partial charge in [0.05, 0.1) is 26.3 Å². The van der Waals surface area contributed by atoms with E-state index in [-0.39, 0.29) is 24.6 Å². The highest BCUT2D eigenvalue weighted by Gasteiger charge is 2.42. The molecule has 0 aliphatic rings. The minimum absolute atomic E-state index is 0.259. The molecule has 0 aliphatic carbocycles. The summed E-state index contributed by atoms with van der Waals surface area (Å²) in [6.45, 7) is 19.7. The van der Waals surface area contributed by atoms with E-state index in [2.05, 4.69) is 45.4 Å². The molecule has 1 aromatic heterocycles. The second-order valence-corrected chi connectivity index (χ2v) is 17.8. The molecule has 6 N–H and O–H groups in total. The number of esters is 4. The normalized spacial score (nSPS) is 10.4. The van der Waals surface area contributed by atoms with Crippen molar-refractivity contribution < 1.29 is 94.5 Å². The number of nitrogens with one attached hydrogen (secondary N) is 3. The van der Waals surface area contributed by atoms with Gasteiger partial charge in [-0.3, -0.25) is 19.4 Å². The fourth-order valence-corrected chi connectivity index (χ4v) is 5.50. The average molecular weight is 1130 g/mol. The number of carboxylic acid groups (broad SMARTS) is 1. The molecule has 0 radical (unpaired) electrons. The summed E-state index contributed by atoms with van der Waals surface area (Å²) in [5.41, 5.74) is 6.70. The first-order chi connectivity index (χ1) is 37.5. The van der Waals surface area contributed by atoms with E-state index >= 15 is 0 Å². The molecule has 0 aliphatic heterocycles. The van der Waals surface area contributed by atoms with Gasteiger partial charge in [-0.25, -0.2) is 24.0 Å². The number of carboxylic acids is 1. The highest BCUT2D eigenvalue weighted by molar-refractivity contribution is 5.95. The van der Waals surface area contributed by atoms with Crippen LogP contribution in [0.5, 0.6) is 34.5 Å². The third-order valence-electron chi connectivity index (χ3n) is 8.75. The second kappa shape index (κ2) is 34.5. The Hall–Kier alpha value is -9.26. The lowest BCUT2D eigenvalue weighted by Crippen LogP contribution is -2.36. The zero-order chi connectivity index (χ0) is 60.6. The second-order valence-electron chi connectivity index (χ2n) is 17.8. The van der Waals surface area contributed by atoms with Gasteiger partial charge in [0.15, 0.2) is 34.5 Å². The number of alkyl carbamates (subject to hydrolysis) is 2. The van der Waals surface area contributed by atoms with Gasteiger partial charge in [0.2, 0.25) is 0 Å². The van der Waals surface area contributed by atoms with Crippen LogP contribution in [0.4, 0.5) is 22.8 Å². The minimum Gasteiger partial charge on any atom is -0.493 e. The monoisotopic (exact) mass is 1130 g/mol. The Labute approximate surface area is 460 Å². The summed E-state index contributed by atoms with van der Waals surface area (Å²) in [5, 5.41) is 15.1. The number of carbonyl (C=O) groups excluding carboxylic acids is 7. The largest absolute Gasteiger partial charge is 0.493 e. The molecule has 80 heavy (non-hydrogen) atoms. The van der Waals surface area contributed by atoms with E-state index in [9.17, 15) is 51.5 Å². The van der Waals surface area contributed by atoms with Crippen molar-refractivity contribution >= 4 is 47.9 Å². The van der Waals surface area contributed by atoms with E-state index in [1.54, 1.807) is 96.3 Å². The number of pyridine rings is 1. The molecular formula is C55H66F3N5O17. The molecule has 0 fully saturated rings. The first-order valence-electron chi connectivity index (χ1n) is 23.7. The topological polar surface area (TPSA) is 306 Å². The molecule has 25 heteroatoms. The fraction of sp³-hybridized carbons (Fsp3) is 0.327. The van der Waals surface area contributed by atoms with Gasteiger partial charge in [-0.15, -0.1) is 19.7 Å². The lowest BCUT2D eigenvalue weighted by molar-refractivity contribution is -0.189. The van der Waals surface area contributed by atoms with Crippen LogP contribution in [0.3, 0.4) is 0 Å². The Morgan fingerprint density at radius 3 is 1.34 bits per heavy atom. The van der Waals surface area contributed by atoms with Gasteiger partial charge < -0.3 is 64.7 Å². The maximum atomic E-state index is 12.2. The van der Waals surface area contributed by atoms with Crippen LogP contribution in [-0.2, 0) is 52.7 Å². The van der Waals surface area contributed by atoms with E-state index < -0.39 is 84.2 Å². The summed E-state index contributed by atoms with van der Waals surface area (Å²) in [6.07, 6.45) is 3.18. The fourth-order valence-electron chi connectivity index (χ4n) is 5.50. The van der Waals surface area contributed by atoms with E-state index in [4.69, 9.17) is 44.0 Å². The predicted octanol–water partition coefficient (Wildman–Crippen LogP) is 7.35. The van der Waals surface area contributed by atoms with Gasteiger partial charge in [-0.1, -0.05) is 36.4 Å². The summed E-state index contributed by atoms with van der Waals surface area (Å²) in [4.78, 5) is 93.6. The highest BCUT2D eigenvalue weighted by Crippen LogP contribution is 2.32. The zero-order valence-electron chi connectivity index (χ0n) is 45.4. The van der Waals surface area contributed by atoms with Crippen molar-refractivity contribution in [3.63, 3.8) is 0 Å². The number of ether oxygens (including phenoxy) is 8. The SMILES string of the molecule is C=CCc1ccc(OC(=O)CN)c(OC(=O)C(F)(F)F)c1.C=CCc1ccc(OC(=O)CNC(=O)OC(C)(C)C)c(OC)c1.C=CCc1ccc(OC(=O)CNC(=O)c2cccnc2)c(OC)c1.CC(C)(C)OC(=O)NCC(=O)O. The molecule has 1 heterocycles. The average Bonchev–Trinajstić information content (AvgIpc) is 3.38. The predicted molar refractivity (Wildman–Crippen MR) is 284 cm³/mol. The van der Waals surface area contributed by atoms with Crippen LogP contribution in [0.1, 0.15) is 68.6 Å². The number of benzene rings is 3. The van der Waals surface area contributed by atoms with Gasteiger partial charge in [-0.2, -0.15) is 13.2 Å². The Morgan fingerprint density at radius 2 is 0.975 bits per heavy atom. The smallest absolute Gasteiger partial charge is 0.491 e. The van der Waals surface area contributed by atoms with Crippen LogP contribution in [0.15, 0.2) is 117 Å². The van der Waals surface area contributed by atoms with Crippen LogP contribution in [0.25, 0.3) is 0 Å². The number of nitrogens with zero attached hydrogens (tertiary/aromatic N) is 1. The maximum absolute atomic E-state index is 12.2. The van der Waals surface area contributed by atoms with Crippen LogP contribution in [0, 0.1) is 0 Å². The van der Waals surface area contributed by atoms with E-state index in [0.717, 1.165) is 17.2 Å². The number of allylic oxidation sites excluding steroid dienone is 3. The molecule has 0 atom stereocenters. The summed E-state index contributed by atoms with van der Waals surface area (Å²) in [7, 11) is 2.98. The van der Waals surface area contributed by atoms with Crippen LogP contribution >= 0.6 is 0 Å². The number of carbonyl (C=O) groups is 8. The van der Waals surface area contributed by atoms with Gasteiger partial charge in [0.1, 0.15) is 30.8 Å². The van der Waals surface area contributed by atoms with Crippen LogP contribution in [-0.4, -0.2) is 116 Å². The molecule has 0 saturated carbocycles. The molecule has 3 aromatic carbocycles. The van der Waals surface area contributed by atoms with Crippen molar-refractivity contribution in [1.29, 1.82) is 0 Å². The molecule has 0 saturated heterocycles. The molecule has 22 nitrogen and oxygen atoms in total. The van der Waals surface area contributed by atoms with Gasteiger partial charge in [0, 0.05) is 12.4 Å². The van der Waals surface area contributed by atoms with Crippen LogP contribution in [0.2, 0.25) is 0 Å². The molecule has 4 aromatic rings. The molecule has 0 bridgehead atoms. The number of amides is 3. The van der Waals surface area contributed by atoms with Crippen molar-refractivity contribution in [2.75, 3.05) is 40.4 Å². The quantitative estimate of drug-likeness (QED) is 0.0328. The number of hydrogen-bond acceptors (Lipinski definition) is 18. The number of halogens is 3. The van der Waals surface area contributed by atoms with Gasteiger partial charge >= 0.3 is 48.2 Å². The first kappa shape index (κ1) is 68.8. The van der Waals surface area contributed by atoms with Crippen molar-refractivity contribution in [3.05, 3.63) is 139 Å². The maximum Gasteiger partial charge on any atom is 0.491 e. The Morgan fingerprint density at radius 1 is 0.575 bits per heavy atom. The third-order valence-corrected chi connectivity index (χ3v) is 8.75. The van der Waals surface area contributed by atoms with Crippen LogP contribution < -0.4 is 50.1 Å². The number of methoxy groups -OCH3 is 2. The zero-order valence-corrected chi connectivity index (χ0v) is 45.4. The van der Waals surface area contributed by atoms with Crippen molar-refractivity contribution in [2.45, 2.75) is 78.2 Å². The molecule has 4 rings (SSSR count). The summed E-state index contributed by atoms with van der Waals surface area (Å²) in [6, 6.07) is 17.6. The molecular weight excluding hydrogens is 1060 g/mol. The molecule has 3 amide bonds. The number of aliphatic carboxylic acids is 1. The van der Waals surface area contributed by atoms with Crippen molar-refractivity contribution in [2.24, 2.45) is 5.73 Å². The number of aromatic nitrogens is 1. The van der Waals surface area contributed by atoms with E-state index in [1.165, 1.54) is 38.6 Å². The van der Waals surface area contributed by atoms with E-state index in [1.807, 2.05) is 12.1 Å². The van der Waals surface area contributed by atoms with Gasteiger partial charge in [0.25, 0.3) is 5.91 Å². The first-order valence-corrected chi connectivity index (χ1v) is 23.7. The number of rotatable bonds is 20. The number of nitrogens with two attached hydrogens (primary N) is 1. The summed E-state index contributed by atoms with van der Waals surface area (Å²) < 4.78 is 76.3. The number of alkyl halides is 3. The van der Waals surface area contributed by atoms with Crippen molar-refractivity contribution in [3.8, 4) is 34.5 Å². The Balaban J connectivity index is 0.000000547. The lowest BCUT2D eigenvalue weighted by Gasteiger charge is -2.19. The number of hydrogen-bond donors (Lipinski definition) is 5. The highest BCUT2D eigenvalue weighted by atomic mass is 19.4. The summed E-state index contributed by atoms with van der Waals surface area (Å²) >= 11 is 0. The third kappa shape index (κ3) is 29.3. The standard InChI is InChI=1S/C18H18N2O4.C17H23NO5.C13H12F3NO4.C7H13NO4/c1-3-5-13-7-8-15(16(10-13)23-2)24-17(21)12-20-18(22)14-6-4-9-19-11-14;1-6-7-12-8-9-13(14(10-12)21-5)22-15(19)11-18-16(20)23-17(2,3)4;1-2-3-8-4-5-9(20-11(18)7-17)10(6-8)21-12(19)13(14,15)16;1-7(2,3)12-6(11)8-4-5(9)10/h3-4,6-11H,1,5,12H2,2H3,(H,20,22);6,8-10H,1,7,11H2,2-5H3,(H,18,20);2,4-6H,1,3,7,17H2;4H2,1-3H3,(H,8,11)(H,9,10). The Kier molecular flexibility index (Phi) is 29.6. The molecule has 0 spiro atoms.